The van der Waals surface area contributed by atoms with E-state index in [2.05, 4.69) is 0 Å². The molecule has 0 spiro atoms. The Morgan fingerprint density at radius 1 is 0.412 bits per heavy atom. The van der Waals surface area contributed by atoms with Crippen molar-refractivity contribution >= 4 is 40.1 Å². The largest absolute Gasteiger partial charge is 3.00 e. The SMILES string of the molecule is O=[Se](=O)([O-])[O-].O=[Se](=O)([O-])[O-].O=[Se](=O)([O-])[O-].[Ce+3].[Ce+3]. The Labute approximate surface area is 168 Å². The minimum absolute atomic E-state index is 0. The average Bonchev–Trinajstić information content (AvgIpc) is 1.41. The topological polar surface area (TPSA) is 241 Å². The van der Waals surface area contributed by atoms with Gasteiger partial charge in [0.1, 0.15) is 0 Å². The third-order valence-corrected chi connectivity index (χ3v) is 0. The molecule has 0 saturated heterocycles. The quantitative estimate of drug-likeness (QED) is 0.213. The van der Waals surface area contributed by atoms with Gasteiger partial charge in [-0.25, -0.2) is 0 Å². The maximum absolute atomic E-state index is 8.59. The fraction of sp³-hybridized carbons (Fsp3) is 0. The van der Waals surface area contributed by atoms with Gasteiger partial charge in [0.2, 0.25) is 0 Å². The molecule has 0 fully saturated rings. The molecule has 0 rings (SSSR count). The van der Waals surface area contributed by atoms with Crippen molar-refractivity contribution in [3.05, 3.63) is 0 Å². The first-order valence-electron chi connectivity index (χ1n) is 2.00. The molecule has 17 heavy (non-hydrogen) atoms. The van der Waals surface area contributed by atoms with Gasteiger partial charge in [-0.1, -0.05) is 0 Å². The molecular weight excluding hydrogens is 709 g/mol. The van der Waals surface area contributed by atoms with Gasteiger partial charge in [0.15, 0.2) is 0 Å². The van der Waals surface area contributed by atoms with E-state index in [0.29, 0.717) is 0 Å². The third kappa shape index (κ3) is 651. The molecular formula is Ce2O12Se3. The Balaban J connectivity index is -0.0000000400. The second-order valence-electron chi connectivity index (χ2n) is 1.22. The van der Waals surface area contributed by atoms with E-state index < -0.39 is 40.1 Å². The normalized spacial score (nSPS) is 10.2. The van der Waals surface area contributed by atoms with Crippen LogP contribution in [0.1, 0.15) is 0 Å². The van der Waals surface area contributed by atoms with Gasteiger partial charge in [-0.05, 0) is 0 Å². The van der Waals surface area contributed by atoms with Gasteiger partial charge in [0, 0.05) is 0 Å². The Hall–Kier alpha value is 2.87. The zero-order chi connectivity index (χ0) is 13.5. The van der Waals surface area contributed by atoms with Crippen molar-refractivity contribution in [3.63, 3.8) is 0 Å². The first-order chi connectivity index (χ1) is 6.00. The van der Waals surface area contributed by atoms with Crippen LogP contribution >= 0.6 is 0 Å². The van der Waals surface area contributed by atoms with Gasteiger partial charge in [0.25, 0.3) is 0 Å². The molecule has 98 valence electrons. The Kier molecular flexibility index (Phi) is 26.0. The van der Waals surface area contributed by atoms with Crippen molar-refractivity contribution in [1.82, 2.24) is 0 Å². The van der Waals surface area contributed by atoms with Crippen molar-refractivity contribution in [2.24, 2.45) is 0 Å². The van der Waals surface area contributed by atoms with Crippen LogP contribution in [0.5, 0.6) is 0 Å². The molecule has 17 heteroatoms. The molecule has 0 saturated carbocycles. The Morgan fingerprint density at radius 2 is 0.412 bits per heavy atom. The molecule has 0 N–H and O–H groups in total. The van der Waals surface area contributed by atoms with Gasteiger partial charge < -0.3 is 0 Å². The minimum Gasteiger partial charge on any atom is 3.00 e. The van der Waals surface area contributed by atoms with Crippen LogP contribution in [0.25, 0.3) is 0 Å². The van der Waals surface area contributed by atoms with Crippen molar-refractivity contribution in [2.75, 3.05) is 0 Å². The molecule has 12 nitrogen and oxygen atoms in total. The van der Waals surface area contributed by atoms with E-state index in [4.69, 9.17) is 48.1 Å². The fourth-order valence-electron chi connectivity index (χ4n) is 0. The average molecular weight is 709 g/mol. The second-order valence-corrected chi connectivity index (χ2v) is 6.36. The molecule has 0 aromatic rings. The molecule has 0 aliphatic carbocycles. The van der Waals surface area contributed by atoms with Crippen LogP contribution in [-0.4, -0.2) is 40.1 Å². The van der Waals surface area contributed by atoms with E-state index in [1.807, 2.05) is 0 Å². The van der Waals surface area contributed by atoms with Gasteiger partial charge in [-0.2, -0.15) is 0 Å². The molecule has 0 aromatic heterocycles. The molecule has 0 bridgehead atoms. The molecule has 0 aliphatic rings. The van der Waals surface area contributed by atoms with E-state index in [0.717, 1.165) is 0 Å². The van der Waals surface area contributed by atoms with Crippen LogP contribution < -0.4 is 25.1 Å². The van der Waals surface area contributed by atoms with E-state index in [9.17, 15) is 0 Å². The van der Waals surface area contributed by atoms with Gasteiger partial charge in [-0.15, -0.1) is 0 Å². The van der Waals surface area contributed by atoms with E-state index >= 15 is 0 Å². The van der Waals surface area contributed by atoms with Crippen molar-refractivity contribution in [2.45, 2.75) is 0 Å². The van der Waals surface area contributed by atoms with Crippen LogP contribution in [0, 0.1) is 83.5 Å². The Morgan fingerprint density at radius 3 is 0.412 bits per heavy atom. The summed E-state index contributed by atoms with van der Waals surface area (Å²) < 4.78 is 103. The summed E-state index contributed by atoms with van der Waals surface area (Å²) in [5.41, 5.74) is 0. The third-order valence-electron chi connectivity index (χ3n) is 0. The first-order valence-corrected chi connectivity index (χ1v) is 10.4. The van der Waals surface area contributed by atoms with Crippen LogP contribution in [0.15, 0.2) is 0 Å². The Bertz CT molecular complexity index is 341. The summed E-state index contributed by atoms with van der Waals surface area (Å²) in [5.74, 6) is 0. The smallest absolute Gasteiger partial charge is 3.00 e. The predicted molar refractivity (Wildman–Crippen MR) is 21.4 cm³/mol. The van der Waals surface area contributed by atoms with E-state index in [-0.39, 0.29) is 83.5 Å². The van der Waals surface area contributed by atoms with E-state index in [1.165, 1.54) is 0 Å². The standard InChI is InChI=1S/2Ce.3H2O4Se/c;;3*1-5(2,3)4/h;;3*(H2,1,2,3,4)/q2*+3;;;/p-6. The summed E-state index contributed by atoms with van der Waals surface area (Å²) >= 11 is -17.2. The maximum Gasteiger partial charge on any atom is 3.00 e. The van der Waals surface area contributed by atoms with Gasteiger partial charge in [-0.3, -0.25) is 0 Å². The van der Waals surface area contributed by atoms with Gasteiger partial charge in [0.05, 0.1) is 0 Å². The van der Waals surface area contributed by atoms with Crippen molar-refractivity contribution in [1.29, 1.82) is 0 Å². The molecule has 0 aliphatic heterocycles. The predicted octanol–water partition coefficient (Wildman–Crippen LogP) is -8.99. The summed E-state index contributed by atoms with van der Waals surface area (Å²) in [6.07, 6.45) is 0. The molecule has 0 amide bonds. The number of hydrogen-bond donors (Lipinski definition) is 0. The van der Waals surface area contributed by atoms with Crippen LogP contribution in [0.2, 0.25) is 0 Å². The number of hydrogen-bond acceptors (Lipinski definition) is 12. The summed E-state index contributed by atoms with van der Waals surface area (Å²) in [6, 6.07) is 0. The fourth-order valence-corrected chi connectivity index (χ4v) is 0. The minimum atomic E-state index is -5.75. The zero-order valence-electron chi connectivity index (χ0n) is 7.12. The maximum atomic E-state index is 8.59. The van der Waals surface area contributed by atoms with Crippen LogP contribution in [-0.2, 0) is 23.0 Å². The van der Waals surface area contributed by atoms with Crippen LogP contribution in [0.4, 0.5) is 0 Å². The first kappa shape index (κ1) is 32.0. The summed E-state index contributed by atoms with van der Waals surface area (Å²) in [6.45, 7) is 0. The van der Waals surface area contributed by atoms with E-state index in [1.54, 1.807) is 0 Å². The van der Waals surface area contributed by atoms with Crippen molar-refractivity contribution < 1.29 is 132 Å². The number of rotatable bonds is 0. The summed E-state index contributed by atoms with van der Waals surface area (Å²) in [5, 5.41) is 0. The van der Waals surface area contributed by atoms with Crippen LogP contribution in [0.3, 0.4) is 0 Å². The molecule has 0 aromatic carbocycles. The van der Waals surface area contributed by atoms with Gasteiger partial charge >= 0.3 is 172 Å². The molecule has 0 atom stereocenters. The molecule has 2 radical (unpaired) electrons. The summed E-state index contributed by atoms with van der Waals surface area (Å²) in [4.78, 5) is 0. The zero-order valence-corrected chi connectivity index (χ0v) is 18.5. The molecule has 0 unspecified atom stereocenters. The summed E-state index contributed by atoms with van der Waals surface area (Å²) in [7, 11) is 0. The molecule has 0 heterocycles. The monoisotopic (exact) mass is 711 g/mol. The van der Waals surface area contributed by atoms with Crippen molar-refractivity contribution in [3.8, 4) is 0 Å². The second kappa shape index (κ2) is 13.8.